The molecule has 7 heteroatoms. The fourth-order valence-corrected chi connectivity index (χ4v) is 6.05. The normalized spacial score (nSPS) is 37.0. The summed E-state index contributed by atoms with van der Waals surface area (Å²) in [7, 11) is 0. The summed E-state index contributed by atoms with van der Waals surface area (Å²) in [5.41, 5.74) is 3.39. The van der Waals surface area contributed by atoms with Gasteiger partial charge < -0.3 is 29.2 Å². The van der Waals surface area contributed by atoms with Gasteiger partial charge in [0.05, 0.1) is 37.1 Å². The van der Waals surface area contributed by atoms with Crippen LogP contribution in [-0.4, -0.2) is 65.0 Å². The third kappa shape index (κ3) is 8.02. The summed E-state index contributed by atoms with van der Waals surface area (Å²) in [6, 6.07) is 8.17. The van der Waals surface area contributed by atoms with E-state index in [9.17, 15) is 15.0 Å². The molecule has 5 rings (SSSR count). The van der Waals surface area contributed by atoms with Gasteiger partial charge >= 0.3 is 5.97 Å². The van der Waals surface area contributed by atoms with Gasteiger partial charge in [0.2, 0.25) is 0 Å². The number of rotatable bonds is 3. The minimum Gasteiger partial charge on any atom is -0.456 e. The molecule has 2 bridgehead atoms. The largest absolute Gasteiger partial charge is 0.456 e. The van der Waals surface area contributed by atoms with Crippen molar-refractivity contribution in [2.45, 2.75) is 107 Å². The Bertz CT molecular complexity index is 1120. The van der Waals surface area contributed by atoms with Gasteiger partial charge in [-0.25, -0.2) is 4.79 Å². The van der Waals surface area contributed by atoms with E-state index >= 15 is 0 Å². The summed E-state index contributed by atoms with van der Waals surface area (Å²) >= 11 is 0. The number of cyclic esters (lactones) is 1. The molecule has 7 nitrogen and oxygen atoms in total. The number of aliphatic hydroxyl groups is 2. The molecule has 4 aliphatic rings. The van der Waals surface area contributed by atoms with Crippen LogP contribution >= 0.6 is 0 Å². The molecule has 40 heavy (non-hydrogen) atoms. The van der Waals surface area contributed by atoms with Gasteiger partial charge in [-0.3, -0.25) is 0 Å². The van der Waals surface area contributed by atoms with Crippen LogP contribution in [0.3, 0.4) is 0 Å². The van der Waals surface area contributed by atoms with Crippen LogP contribution in [0.25, 0.3) is 0 Å². The Morgan fingerprint density at radius 3 is 2.73 bits per heavy atom. The standard InChI is InChI=1S/C33H42O7/c1-21-15-22(2)17-29(35)33-31(40-33)19-30(39-32(36)12-6-10-25-9-5-11-27(16-21)38-25)28(34)14-13-26-18-23-7-3-4-8-24(23)20-37-26/h3-9,12-14,21,25-31,33-35H,2,10-11,15-20H2,1H3/b12-6-,14-13+/t21-,25-,26?,27-,28-,29-,30-,31-,33-/m0/s1. The number of carbonyl (C=O) groups is 1. The zero-order valence-corrected chi connectivity index (χ0v) is 23.3. The fraction of sp³-hybridized carbons (Fsp3) is 0.545. The lowest BCUT2D eigenvalue weighted by Gasteiger charge is -2.28. The quantitative estimate of drug-likeness (QED) is 0.325. The van der Waals surface area contributed by atoms with Crippen LogP contribution in [0, 0.1) is 5.92 Å². The van der Waals surface area contributed by atoms with Crippen LogP contribution in [0.15, 0.2) is 72.9 Å². The van der Waals surface area contributed by atoms with Gasteiger partial charge in [-0.1, -0.05) is 73.7 Å². The first-order valence-corrected chi connectivity index (χ1v) is 14.6. The first-order chi connectivity index (χ1) is 19.3. The lowest BCUT2D eigenvalue weighted by Crippen LogP contribution is -2.32. The molecule has 1 saturated heterocycles. The van der Waals surface area contributed by atoms with Crippen LogP contribution < -0.4 is 0 Å². The average molecular weight is 551 g/mol. The Morgan fingerprint density at radius 1 is 1.05 bits per heavy atom. The molecule has 2 N–H and O–H groups in total. The smallest absolute Gasteiger partial charge is 0.330 e. The SMILES string of the molecule is C=C1C[C@H](C)C[C@@H]2CC=C[C@@H](C/C=C\C(=O)O[C@H]([C@@H](O)/C=C/C3Cc4ccccc4CO3)C[C@@H]3O[C@H]3[C@@H](O)C1)O2. The van der Waals surface area contributed by atoms with Gasteiger partial charge in [0, 0.05) is 18.9 Å². The number of fused-ring (bicyclic) bond motifs is 4. The number of epoxide rings is 1. The van der Waals surface area contributed by atoms with Crippen molar-refractivity contribution in [3.05, 3.63) is 84.0 Å². The van der Waals surface area contributed by atoms with E-state index in [0.29, 0.717) is 31.8 Å². The van der Waals surface area contributed by atoms with Crippen LogP contribution in [0.5, 0.6) is 0 Å². The maximum absolute atomic E-state index is 12.7. The van der Waals surface area contributed by atoms with Gasteiger partial charge in [-0.15, -0.1) is 0 Å². The highest BCUT2D eigenvalue weighted by molar-refractivity contribution is 5.82. The Labute approximate surface area is 237 Å². The van der Waals surface area contributed by atoms with Crippen LogP contribution in [0.2, 0.25) is 0 Å². The maximum atomic E-state index is 12.7. The van der Waals surface area contributed by atoms with Gasteiger partial charge in [-0.2, -0.15) is 0 Å². The molecule has 0 saturated carbocycles. The lowest BCUT2D eigenvalue weighted by molar-refractivity contribution is -0.148. The molecule has 0 spiro atoms. The Morgan fingerprint density at radius 2 is 1.88 bits per heavy atom. The summed E-state index contributed by atoms with van der Waals surface area (Å²) < 4.78 is 23.7. The number of hydrogen-bond donors (Lipinski definition) is 2. The number of aliphatic hydroxyl groups excluding tert-OH is 2. The minimum atomic E-state index is -1.05. The number of esters is 1. The lowest BCUT2D eigenvalue weighted by atomic mass is 9.91. The third-order valence-electron chi connectivity index (χ3n) is 8.17. The van der Waals surface area contributed by atoms with Crippen molar-refractivity contribution < 1.29 is 34.0 Å². The van der Waals surface area contributed by atoms with E-state index in [-0.39, 0.29) is 36.9 Å². The highest BCUT2D eigenvalue weighted by Gasteiger charge is 2.46. The number of hydrogen-bond acceptors (Lipinski definition) is 7. The van der Waals surface area contributed by atoms with E-state index in [0.717, 1.165) is 24.8 Å². The molecule has 0 aromatic heterocycles. The van der Waals surface area contributed by atoms with Crippen molar-refractivity contribution in [2.24, 2.45) is 5.92 Å². The molecule has 4 aliphatic heterocycles. The van der Waals surface area contributed by atoms with E-state index < -0.39 is 24.3 Å². The van der Waals surface area contributed by atoms with Crippen molar-refractivity contribution in [3.63, 3.8) is 0 Å². The molecule has 0 amide bonds. The second kappa shape index (κ2) is 13.4. The monoisotopic (exact) mass is 550 g/mol. The number of benzene rings is 1. The van der Waals surface area contributed by atoms with Gasteiger partial charge in [-0.05, 0) is 49.1 Å². The Balaban J connectivity index is 1.26. The van der Waals surface area contributed by atoms with Crippen molar-refractivity contribution in [1.29, 1.82) is 0 Å². The summed E-state index contributed by atoms with van der Waals surface area (Å²) in [6.45, 7) is 6.91. The van der Waals surface area contributed by atoms with E-state index in [1.807, 2.05) is 24.3 Å². The van der Waals surface area contributed by atoms with Crippen LogP contribution in [-0.2, 0) is 36.8 Å². The molecule has 216 valence electrons. The second-order valence-electron chi connectivity index (χ2n) is 11.7. The zero-order valence-electron chi connectivity index (χ0n) is 23.3. The molecule has 0 aliphatic carbocycles. The van der Waals surface area contributed by atoms with Crippen molar-refractivity contribution >= 4 is 5.97 Å². The van der Waals surface area contributed by atoms with Gasteiger partial charge in [0.25, 0.3) is 0 Å². The summed E-state index contributed by atoms with van der Waals surface area (Å²) in [6.07, 6.45) is 12.0. The zero-order chi connectivity index (χ0) is 28.1. The molecular formula is C33H42O7. The minimum absolute atomic E-state index is 0.0931. The van der Waals surface area contributed by atoms with Crippen molar-refractivity contribution in [2.75, 3.05) is 0 Å². The van der Waals surface area contributed by atoms with Crippen LogP contribution in [0.1, 0.15) is 56.6 Å². The van der Waals surface area contributed by atoms with Gasteiger partial charge in [0.1, 0.15) is 18.3 Å². The second-order valence-corrected chi connectivity index (χ2v) is 11.7. The topological polar surface area (TPSA) is 97.8 Å². The third-order valence-corrected chi connectivity index (χ3v) is 8.17. The van der Waals surface area contributed by atoms with Crippen LogP contribution in [0.4, 0.5) is 0 Å². The molecule has 9 atom stereocenters. The van der Waals surface area contributed by atoms with Gasteiger partial charge in [0.15, 0.2) is 0 Å². The predicted molar refractivity (Wildman–Crippen MR) is 151 cm³/mol. The summed E-state index contributed by atoms with van der Waals surface area (Å²) in [5, 5.41) is 21.9. The highest BCUT2D eigenvalue weighted by Crippen LogP contribution is 2.35. The van der Waals surface area contributed by atoms with Crippen molar-refractivity contribution in [1.82, 2.24) is 0 Å². The first kappa shape index (κ1) is 29.0. The van der Waals surface area contributed by atoms with E-state index in [1.54, 1.807) is 12.2 Å². The molecular weight excluding hydrogens is 508 g/mol. The molecule has 4 heterocycles. The Kier molecular flexibility index (Phi) is 9.71. The highest BCUT2D eigenvalue weighted by atomic mass is 16.6. The molecule has 1 aromatic carbocycles. The summed E-state index contributed by atoms with van der Waals surface area (Å²) in [5.74, 6) is -0.150. The average Bonchev–Trinajstić information content (AvgIpc) is 3.70. The molecule has 0 radical (unpaired) electrons. The maximum Gasteiger partial charge on any atom is 0.330 e. The van der Waals surface area contributed by atoms with E-state index in [4.69, 9.17) is 18.9 Å². The number of carbonyl (C=O) groups excluding carboxylic acids is 1. The molecule has 1 fully saturated rings. The fourth-order valence-electron chi connectivity index (χ4n) is 6.05. The predicted octanol–water partition coefficient (Wildman–Crippen LogP) is 4.51. The number of ether oxygens (including phenoxy) is 4. The van der Waals surface area contributed by atoms with Crippen molar-refractivity contribution in [3.8, 4) is 0 Å². The molecule has 1 aromatic rings. The first-order valence-electron chi connectivity index (χ1n) is 14.6. The summed E-state index contributed by atoms with van der Waals surface area (Å²) in [4.78, 5) is 12.7. The molecule has 1 unspecified atom stereocenters. The Hall–Kier alpha value is -2.55. The van der Waals surface area contributed by atoms with E-state index in [2.05, 4.69) is 31.7 Å². The van der Waals surface area contributed by atoms with E-state index in [1.165, 1.54) is 17.2 Å².